The standard InChI is InChI=1S/C31H34N4O3/c1-35-14-12-24(13-15-35)22-5-7-23(8-6-22)26-17-27-25(19-33-31(27)34-20-26)9-11-30(36)32-18-21-4-10-28(37-2)29(16-21)38-3/h4-11,16-17,19-20,24H,12-15,18H2,1-3H3,(H,32,36)(H,33,34)/b11-9+. The Kier molecular flexibility index (Phi) is 7.75. The summed E-state index contributed by atoms with van der Waals surface area (Å²) in [7, 11) is 5.38. The van der Waals surface area contributed by atoms with Gasteiger partial charge in [-0.2, -0.15) is 0 Å². The van der Waals surface area contributed by atoms with E-state index in [2.05, 4.69) is 57.6 Å². The molecule has 1 fully saturated rings. The number of aromatic nitrogens is 2. The number of nitrogens with zero attached hydrogens (tertiary/aromatic N) is 2. The molecule has 38 heavy (non-hydrogen) atoms. The number of fused-ring (bicyclic) bond motifs is 1. The summed E-state index contributed by atoms with van der Waals surface area (Å²) in [5, 5.41) is 3.90. The van der Waals surface area contributed by atoms with Gasteiger partial charge >= 0.3 is 0 Å². The highest BCUT2D eigenvalue weighted by Gasteiger charge is 2.18. The number of rotatable bonds is 8. The molecule has 1 aliphatic rings. The van der Waals surface area contributed by atoms with Crippen LogP contribution >= 0.6 is 0 Å². The van der Waals surface area contributed by atoms with Gasteiger partial charge in [0.05, 0.1) is 14.2 Å². The average molecular weight is 511 g/mol. The molecule has 0 saturated carbocycles. The molecule has 1 saturated heterocycles. The van der Waals surface area contributed by atoms with Crippen molar-refractivity contribution in [1.82, 2.24) is 20.2 Å². The molecule has 4 aromatic rings. The van der Waals surface area contributed by atoms with E-state index in [1.807, 2.05) is 36.7 Å². The number of hydrogen-bond acceptors (Lipinski definition) is 5. The zero-order chi connectivity index (χ0) is 26.5. The van der Waals surface area contributed by atoms with Gasteiger partial charge in [0.25, 0.3) is 0 Å². The van der Waals surface area contributed by atoms with Gasteiger partial charge in [-0.1, -0.05) is 30.3 Å². The Morgan fingerprint density at radius 1 is 1.05 bits per heavy atom. The van der Waals surface area contributed by atoms with Crippen LogP contribution in [0.2, 0.25) is 0 Å². The van der Waals surface area contributed by atoms with Crippen molar-refractivity contribution in [2.45, 2.75) is 25.3 Å². The maximum absolute atomic E-state index is 12.5. The molecule has 196 valence electrons. The van der Waals surface area contributed by atoms with Crippen LogP contribution in [0, 0.1) is 0 Å². The number of likely N-dealkylation sites (tertiary alicyclic amines) is 1. The Bertz CT molecular complexity index is 1430. The Balaban J connectivity index is 1.26. The normalized spacial score (nSPS) is 14.7. The maximum atomic E-state index is 12.5. The van der Waals surface area contributed by atoms with Gasteiger partial charge in [-0.05, 0) is 79.9 Å². The number of benzene rings is 2. The van der Waals surface area contributed by atoms with E-state index in [1.54, 1.807) is 20.3 Å². The number of hydrogen-bond donors (Lipinski definition) is 2. The van der Waals surface area contributed by atoms with E-state index in [-0.39, 0.29) is 5.91 Å². The molecule has 5 rings (SSSR count). The van der Waals surface area contributed by atoms with E-state index in [0.29, 0.717) is 24.0 Å². The molecule has 7 nitrogen and oxygen atoms in total. The summed E-state index contributed by atoms with van der Waals surface area (Å²) in [6.07, 6.45) is 9.56. The summed E-state index contributed by atoms with van der Waals surface area (Å²) in [4.78, 5) is 22.7. The number of carbonyl (C=O) groups is 1. The minimum atomic E-state index is -0.178. The molecule has 2 N–H and O–H groups in total. The van der Waals surface area contributed by atoms with Crippen molar-refractivity contribution in [2.24, 2.45) is 0 Å². The summed E-state index contributed by atoms with van der Waals surface area (Å²) in [5.74, 6) is 1.75. The largest absolute Gasteiger partial charge is 0.493 e. The first-order valence-electron chi connectivity index (χ1n) is 13.0. The Labute approximate surface area is 223 Å². The molecule has 0 aliphatic carbocycles. The zero-order valence-corrected chi connectivity index (χ0v) is 22.2. The molecule has 0 spiro atoms. The highest BCUT2D eigenvalue weighted by molar-refractivity contribution is 5.96. The van der Waals surface area contributed by atoms with Crippen LogP contribution in [0.5, 0.6) is 11.5 Å². The van der Waals surface area contributed by atoms with Gasteiger partial charge in [0.1, 0.15) is 5.65 Å². The summed E-state index contributed by atoms with van der Waals surface area (Å²) < 4.78 is 10.6. The number of piperidine rings is 1. The third-order valence-electron chi connectivity index (χ3n) is 7.33. The molecule has 0 atom stereocenters. The van der Waals surface area contributed by atoms with Crippen molar-refractivity contribution in [3.05, 3.63) is 83.7 Å². The summed E-state index contributed by atoms with van der Waals surface area (Å²) in [6, 6.07) is 16.6. The van der Waals surface area contributed by atoms with Crippen molar-refractivity contribution in [3.63, 3.8) is 0 Å². The lowest BCUT2D eigenvalue weighted by Crippen LogP contribution is -2.29. The highest BCUT2D eigenvalue weighted by Crippen LogP contribution is 2.31. The van der Waals surface area contributed by atoms with Crippen LogP contribution < -0.4 is 14.8 Å². The van der Waals surface area contributed by atoms with E-state index in [1.165, 1.54) is 18.4 Å². The molecule has 0 unspecified atom stereocenters. The van der Waals surface area contributed by atoms with Crippen LogP contribution in [0.15, 0.2) is 67.0 Å². The number of pyridine rings is 1. The zero-order valence-electron chi connectivity index (χ0n) is 22.2. The molecular weight excluding hydrogens is 476 g/mol. The molecule has 1 amide bonds. The smallest absolute Gasteiger partial charge is 0.244 e. The molecule has 2 aromatic carbocycles. The van der Waals surface area contributed by atoms with Gasteiger partial charge < -0.3 is 24.7 Å². The van der Waals surface area contributed by atoms with Gasteiger partial charge in [-0.15, -0.1) is 0 Å². The van der Waals surface area contributed by atoms with Crippen molar-refractivity contribution >= 4 is 23.0 Å². The van der Waals surface area contributed by atoms with E-state index in [0.717, 1.165) is 46.4 Å². The number of ether oxygens (including phenoxy) is 2. The first-order valence-corrected chi connectivity index (χ1v) is 13.0. The van der Waals surface area contributed by atoms with E-state index >= 15 is 0 Å². The SMILES string of the molecule is COc1ccc(CNC(=O)/C=C/c2c[nH]c3ncc(-c4ccc(C5CCN(C)CC5)cc4)cc23)cc1OC. The third kappa shape index (κ3) is 5.73. The van der Waals surface area contributed by atoms with Gasteiger partial charge in [0.2, 0.25) is 5.91 Å². The fourth-order valence-electron chi connectivity index (χ4n) is 5.01. The molecule has 0 radical (unpaired) electrons. The lowest BCUT2D eigenvalue weighted by atomic mass is 9.89. The Hall–Kier alpha value is -4.10. The van der Waals surface area contributed by atoms with Crippen molar-refractivity contribution in [1.29, 1.82) is 0 Å². The predicted molar refractivity (Wildman–Crippen MR) is 151 cm³/mol. The quantitative estimate of drug-likeness (QED) is 0.311. The molecule has 3 heterocycles. The van der Waals surface area contributed by atoms with Gasteiger partial charge in [0, 0.05) is 41.5 Å². The second-order valence-electron chi connectivity index (χ2n) is 9.80. The van der Waals surface area contributed by atoms with Crippen LogP contribution in [0.3, 0.4) is 0 Å². The van der Waals surface area contributed by atoms with Crippen LogP contribution in [-0.2, 0) is 11.3 Å². The Morgan fingerprint density at radius 2 is 1.82 bits per heavy atom. The van der Waals surface area contributed by atoms with Gasteiger partial charge in [0.15, 0.2) is 11.5 Å². The number of amides is 1. The van der Waals surface area contributed by atoms with Crippen LogP contribution in [0.1, 0.15) is 35.4 Å². The predicted octanol–water partition coefficient (Wildman–Crippen LogP) is 5.39. The molecule has 0 bridgehead atoms. The maximum Gasteiger partial charge on any atom is 0.244 e. The number of carbonyl (C=O) groups excluding carboxylic acids is 1. The Morgan fingerprint density at radius 3 is 2.55 bits per heavy atom. The second kappa shape index (κ2) is 11.5. The van der Waals surface area contributed by atoms with Gasteiger partial charge in [-0.25, -0.2) is 4.98 Å². The van der Waals surface area contributed by atoms with Gasteiger partial charge in [-0.3, -0.25) is 4.79 Å². The molecule has 7 heteroatoms. The number of aromatic amines is 1. The topological polar surface area (TPSA) is 79.5 Å². The van der Waals surface area contributed by atoms with Crippen LogP contribution in [0.4, 0.5) is 0 Å². The van der Waals surface area contributed by atoms with Crippen molar-refractivity contribution < 1.29 is 14.3 Å². The summed E-state index contributed by atoms with van der Waals surface area (Å²) in [5.41, 5.74) is 6.24. The fraction of sp³-hybridized carbons (Fsp3) is 0.290. The fourth-order valence-corrected chi connectivity index (χ4v) is 5.01. The van der Waals surface area contributed by atoms with E-state index in [9.17, 15) is 4.79 Å². The first kappa shape index (κ1) is 25.5. The number of nitrogens with one attached hydrogen (secondary N) is 2. The lowest BCUT2D eigenvalue weighted by molar-refractivity contribution is -0.116. The third-order valence-corrected chi connectivity index (χ3v) is 7.33. The minimum absolute atomic E-state index is 0.178. The number of methoxy groups -OCH3 is 2. The van der Waals surface area contributed by atoms with E-state index < -0.39 is 0 Å². The highest BCUT2D eigenvalue weighted by atomic mass is 16.5. The summed E-state index contributed by atoms with van der Waals surface area (Å²) >= 11 is 0. The second-order valence-corrected chi connectivity index (χ2v) is 9.80. The first-order chi connectivity index (χ1) is 18.5. The van der Waals surface area contributed by atoms with Crippen LogP contribution in [0.25, 0.3) is 28.2 Å². The monoisotopic (exact) mass is 510 g/mol. The van der Waals surface area contributed by atoms with E-state index in [4.69, 9.17) is 9.47 Å². The number of H-pyrrole nitrogens is 1. The lowest BCUT2D eigenvalue weighted by Gasteiger charge is -2.29. The van der Waals surface area contributed by atoms with Crippen molar-refractivity contribution in [3.8, 4) is 22.6 Å². The molecular formula is C31H34N4O3. The minimum Gasteiger partial charge on any atom is -0.493 e. The van der Waals surface area contributed by atoms with Crippen molar-refractivity contribution in [2.75, 3.05) is 34.4 Å². The average Bonchev–Trinajstić information content (AvgIpc) is 3.37. The van der Waals surface area contributed by atoms with Crippen LogP contribution in [-0.4, -0.2) is 55.1 Å². The molecule has 1 aliphatic heterocycles. The summed E-state index contributed by atoms with van der Waals surface area (Å²) in [6.45, 7) is 2.70. The molecule has 2 aromatic heterocycles.